The number of ether oxygens (including phenoxy) is 2. The number of para-hydroxylation sites is 2. The molecule has 0 atom stereocenters. The zero-order valence-electron chi connectivity index (χ0n) is 11.4. The minimum atomic E-state index is 0.891. The Kier molecular flexibility index (Phi) is 4.81. The summed E-state index contributed by atoms with van der Waals surface area (Å²) in [4.78, 5) is 0. The topological polar surface area (TPSA) is 35.1 Å². The van der Waals surface area contributed by atoms with Crippen molar-refractivity contribution in [2.24, 2.45) is 0 Å². The Hall–Kier alpha value is -2.00. The molecule has 2 aromatic rings. The first-order valence-electron chi connectivity index (χ1n) is 6.40. The molecule has 0 fully saturated rings. The summed E-state index contributed by atoms with van der Waals surface area (Å²) >= 11 is 0. The number of quaternary nitrogens is 1. The van der Waals surface area contributed by atoms with Crippen LogP contribution in [0.25, 0.3) is 0 Å². The maximum absolute atomic E-state index is 5.35. The highest BCUT2D eigenvalue weighted by Gasteiger charge is 2.06. The van der Waals surface area contributed by atoms with Gasteiger partial charge in [0, 0.05) is 11.1 Å². The van der Waals surface area contributed by atoms with E-state index in [2.05, 4.69) is 17.4 Å². The number of hydrogen-bond donors (Lipinski definition) is 1. The van der Waals surface area contributed by atoms with Gasteiger partial charge in [-0.15, -0.1) is 0 Å². The summed E-state index contributed by atoms with van der Waals surface area (Å²) in [6.07, 6.45) is 0. The average molecular weight is 258 g/mol. The lowest BCUT2D eigenvalue weighted by molar-refractivity contribution is -0.686. The summed E-state index contributed by atoms with van der Waals surface area (Å²) in [5.74, 6) is 1.89. The molecule has 0 saturated carbocycles. The van der Waals surface area contributed by atoms with E-state index in [9.17, 15) is 0 Å². The van der Waals surface area contributed by atoms with Crippen LogP contribution >= 0.6 is 0 Å². The third-order valence-electron chi connectivity index (χ3n) is 3.11. The molecular formula is C16H20NO2+. The van der Waals surface area contributed by atoms with Crippen molar-refractivity contribution >= 4 is 0 Å². The zero-order valence-corrected chi connectivity index (χ0v) is 11.4. The number of nitrogens with two attached hydrogens (primary N) is 1. The molecule has 0 spiro atoms. The van der Waals surface area contributed by atoms with Crippen molar-refractivity contribution < 1.29 is 14.8 Å². The second-order valence-electron chi connectivity index (χ2n) is 4.32. The van der Waals surface area contributed by atoms with Crippen molar-refractivity contribution in [3.05, 3.63) is 59.7 Å². The molecular weight excluding hydrogens is 238 g/mol. The highest BCUT2D eigenvalue weighted by atomic mass is 16.5. The predicted molar refractivity (Wildman–Crippen MR) is 75.3 cm³/mol. The third kappa shape index (κ3) is 3.48. The molecule has 0 aliphatic carbocycles. The standard InChI is InChI=1S/C16H19NO2/c1-18-15-9-5-3-7-13(15)11-17-12-14-8-4-6-10-16(14)19-2/h3-10,17H,11-12H2,1-2H3/p+1. The van der Waals surface area contributed by atoms with Crippen LogP contribution in [0.1, 0.15) is 11.1 Å². The second kappa shape index (κ2) is 6.81. The van der Waals surface area contributed by atoms with Crippen LogP contribution in [0.4, 0.5) is 0 Å². The molecule has 2 aromatic carbocycles. The van der Waals surface area contributed by atoms with Crippen LogP contribution in [-0.4, -0.2) is 14.2 Å². The Morgan fingerprint density at radius 3 is 1.58 bits per heavy atom. The van der Waals surface area contributed by atoms with Gasteiger partial charge in [0.1, 0.15) is 24.6 Å². The van der Waals surface area contributed by atoms with Crippen molar-refractivity contribution in [2.75, 3.05) is 14.2 Å². The Balaban J connectivity index is 1.96. The molecule has 2 rings (SSSR count). The molecule has 3 heteroatoms. The van der Waals surface area contributed by atoms with Crippen molar-refractivity contribution in [1.29, 1.82) is 0 Å². The van der Waals surface area contributed by atoms with Gasteiger partial charge in [-0.05, 0) is 24.3 Å². The summed E-state index contributed by atoms with van der Waals surface area (Å²) < 4.78 is 10.7. The first-order chi connectivity index (χ1) is 9.35. The summed E-state index contributed by atoms with van der Waals surface area (Å²) in [5, 5.41) is 2.25. The van der Waals surface area contributed by atoms with Gasteiger partial charge in [0.2, 0.25) is 0 Å². The molecule has 0 saturated heterocycles. The Labute approximate surface area is 114 Å². The highest BCUT2D eigenvalue weighted by Crippen LogP contribution is 2.17. The van der Waals surface area contributed by atoms with Gasteiger partial charge in [0.15, 0.2) is 0 Å². The van der Waals surface area contributed by atoms with E-state index >= 15 is 0 Å². The molecule has 0 radical (unpaired) electrons. The normalized spacial score (nSPS) is 10.2. The van der Waals surface area contributed by atoms with Crippen LogP contribution < -0.4 is 14.8 Å². The van der Waals surface area contributed by atoms with E-state index in [0.717, 1.165) is 24.6 Å². The van der Waals surface area contributed by atoms with Crippen molar-refractivity contribution in [3.8, 4) is 11.5 Å². The monoisotopic (exact) mass is 258 g/mol. The molecule has 0 heterocycles. The van der Waals surface area contributed by atoms with Gasteiger partial charge in [-0.1, -0.05) is 24.3 Å². The SMILES string of the molecule is COc1ccccc1C[NH2+]Cc1ccccc1OC. The number of methoxy groups -OCH3 is 2. The fraction of sp³-hybridized carbons (Fsp3) is 0.250. The second-order valence-corrected chi connectivity index (χ2v) is 4.32. The van der Waals surface area contributed by atoms with Crippen molar-refractivity contribution in [2.45, 2.75) is 13.1 Å². The maximum Gasteiger partial charge on any atom is 0.127 e. The summed E-state index contributed by atoms with van der Waals surface area (Å²) in [6.45, 7) is 1.78. The number of benzene rings is 2. The smallest absolute Gasteiger partial charge is 0.127 e. The van der Waals surface area contributed by atoms with E-state index in [1.165, 1.54) is 11.1 Å². The summed E-state index contributed by atoms with van der Waals surface area (Å²) in [5.41, 5.74) is 2.42. The summed E-state index contributed by atoms with van der Waals surface area (Å²) in [7, 11) is 3.41. The van der Waals surface area contributed by atoms with Gasteiger partial charge in [-0.25, -0.2) is 0 Å². The molecule has 0 unspecified atom stereocenters. The number of hydrogen-bond acceptors (Lipinski definition) is 2. The van der Waals surface area contributed by atoms with E-state index < -0.39 is 0 Å². The van der Waals surface area contributed by atoms with E-state index in [0.29, 0.717) is 0 Å². The van der Waals surface area contributed by atoms with Crippen LogP contribution in [0.5, 0.6) is 11.5 Å². The lowest BCUT2D eigenvalue weighted by Gasteiger charge is -2.09. The fourth-order valence-electron chi connectivity index (χ4n) is 2.13. The minimum absolute atomic E-state index is 0.891. The van der Waals surface area contributed by atoms with Crippen molar-refractivity contribution in [3.63, 3.8) is 0 Å². The molecule has 0 aromatic heterocycles. The maximum atomic E-state index is 5.35. The lowest BCUT2D eigenvalue weighted by Crippen LogP contribution is -2.80. The fourth-order valence-corrected chi connectivity index (χ4v) is 2.13. The average Bonchev–Trinajstić information content (AvgIpc) is 2.48. The quantitative estimate of drug-likeness (QED) is 0.859. The molecule has 0 bridgehead atoms. The Bertz CT molecular complexity index is 478. The van der Waals surface area contributed by atoms with Gasteiger partial charge in [-0.3, -0.25) is 0 Å². The van der Waals surface area contributed by atoms with Crippen LogP contribution in [0.3, 0.4) is 0 Å². The van der Waals surface area contributed by atoms with Crippen LogP contribution in [0.15, 0.2) is 48.5 Å². The van der Waals surface area contributed by atoms with E-state index in [1.54, 1.807) is 14.2 Å². The molecule has 2 N–H and O–H groups in total. The largest absolute Gasteiger partial charge is 0.496 e. The molecule has 3 nitrogen and oxygen atoms in total. The van der Waals surface area contributed by atoms with Gasteiger partial charge < -0.3 is 14.8 Å². The van der Waals surface area contributed by atoms with Gasteiger partial charge in [-0.2, -0.15) is 0 Å². The third-order valence-corrected chi connectivity index (χ3v) is 3.11. The molecule has 0 amide bonds. The molecule has 100 valence electrons. The lowest BCUT2D eigenvalue weighted by atomic mass is 10.1. The predicted octanol–water partition coefficient (Wildman–Crippen LogP) is 1.97. The van der Waals surface area contributed by atoms with Crippen LogP contribution in [0.2, 0.25) is 0 Å². The van der Waals surface area contributed by atoms with Gasteiger partial charge in [0.25, 0.3) is 0 Å². The first kappa shape index (κ1) is 13.4. The van der Waals surface area contributed by atoms with Crippen LogP contribution in [-0.2, 0) is 13.1 Å². The minimum Gasteiger partial charge on any atom is -0.496 e. The van der Waals surface area contributed by atoms with E-state index in [4.69, 9.17) is 9.47 Å². The van der Waals surface area contributed by atoms with E-state index in [1.807, 2.05) is 36.4 Å². The van der Waals surface area contributed by atoms with E-state index in [-0.39, 0.29) is 0 Å². The molecule has 0 aliphatic heterocycles. The summed E-state index contributed by atoms with van der Waals surface area (Å²) in [6, 6.07) is 16.2. The van der Waals surface area contributed by atoms with Crippen molar-refractivity contribution in [1.82, 2.24) is 0 Å². The number of rotatable bonds is 6. The van der Waals surface area contributed by atoms with Gasteiger partial charge in [0.05, 0.1) is 14.2 Å². The highest BCUT2D eigenvalue weighted by molar-refractivity contribution is 5.33. The van der Waals surface area contributed by atoms with Gasteiger partial charge >= 0.3 is 0 Å². The molecule has 0 aliphatic rings. The molecule has 19 heavy (non-hydrogen) atoms. The first-order valence-corrected chi connectivity index (χ1v) is 6.40. The zero-order chi connectivity index (χ0) is 13.5. The van der Waals surface area contributed by atoms with Crippen LogP contribution in [0, 0.1) is 0 Å². The Morgan fingerprint density at radius 1 is 0.737 bits per heavy atom. The Morgan fingerprint density at radius 2 is 1.16 bits per heavy atom.